The fourth-order valence-corrected chi connectivity index (χ4v) is 5.33. The van der Waals surface area contributed by atoms with Gasteiger partial charge in [0.1, 0.15) is 11.6 Å². The Hall–Kier alpha value is -1.01. The predicted octanol–water partition coefficient (Wildman–Crippen LogP) is 5.56. The summed E-state index contributed by atoms with van der Waals surface area (Å²) < 4.78 is 9.61. The summed E-state index contributed by atoms with van der Waals surface area (Å²) in [4.78, 5) is 17.9. The van der Waals surface area contributed by atoms with Crippen molar-refractivity contribution in [2.45, 2.75) is 26.2 Å². The highest BCUT2D eigenvalue weighted by Gasteiger charge is 2.23. The normalized spacial score (nSPS) is 12.1. The number of nitrogens with zero attached hydrogens (tertiary/aromatic N) is 3. The lowest BCUT2D eigenvalue weighted by atomic mass is 9.95. The Kier molecular flexibility index (Phi) is 6.50. The van der Waals surface area contributed by atoms with Crippen LogP contribution in [-0.4, -0.2) is 23.0 Å². The maximum absolute atomic E-state index is 13.2. The maximum atomic E-state index is 13.2. The fourth-order valence-electron chi connectivity index (χ4n) is 2.71. The fraction of sp³-hybridized carbons (Fsp3) is 0.250. The van der Waals surface area contributed by atoms with E-state index in [4.69, 9.17) is 9.72 Å². The van der Waals surface area contributed by atoms with Crippen molar-refractivity contribution in [2.24, 2.45) is 5.10 Å². The van der Waals surface area contributed by atoms with E-state index >= 15 is 0 Å². The molecule has 0 fully saturated rings. The molecule has 2 aromatic carbocycles. The lowest BCUT2D eigenvalue weighted by molar-refractivity contribution is 0.409. The van der Waals surface area contributed by atoms with Crippen LogP contribution in [0.2, 0.25) is 0 Å². The lowest BCUT2D eigenvalue weighted by Crippen LogP contribution is -2.29. The zero-order valence-electron chi connectivity index (χ0n) is 15.8. The quantitative estimate of drug-likeness (QED) is 0.272. The number of methoxy groups -OCH3 is 1. The van der Waals surface area contributed by atoms with Crippen LogP contribution in [0.25, 0.3) is 10.9 Å². The Balaban J connectivity index is 2.20. The minimum absolute atomic E-state index is 0.189. The molecular weight excluding hydrogens is 648 g/mol. The highest BCUT2D eigenvalue weighted by Crippen LogP contribution is 2.28. The van der Waals surface area contributed by atoms with Crippen molar-refractivity contribution < 1.29 is 4.74 Å². The zero-order chi connectivity index (χ0) is 20.6. The van der Waals surface area contributed by atoms with Crippen LogP contribution in [0.15, 0.2) is 44.7 Å². The number of rotatable bonds is 3. The topological polar surface area (TPSA) is 56.5 Å². The van der Waals surface area contributed by atoms with Gasteiger partial charge < -0.3 is 4.74 Å². The van der Waals surface area contributed by atoms with E-state index in [9.17, 15) is 4.79 Å². The summed E-state index contributed by atoms with van der Waals surface area (Å²) in [6.45, 7) is 6.06. The molecule has 0 aliphatic carbocycles. The molecule has 3 rings (SSSR count). The van der Waals surface area contributed by atoms with E-state index in [1.165, 1.54) is 4.68 Å². The third-order valence-corrected chi connectivity index (χ3v) is 6.12. The molecule has 0 spiro atoms. The molecule has 0 aliphatic heterocycles. The minimum atomic E-state index is -0.347. The van der Waals surface area contributed by atoms with Gasteiger partial charge in [-0.2, -0.15) is 9.78 Å². The molecule has 0 aliphatic rings. The van der Waals surface area contributed by atoms with Gasteiger partial charge in [0.15, 0.2) is 0 Å². The van der Waals surface area contributed by atoms with Crippen molar-refractivity contribution in [2.75, 3.05) is 7.11 Å². The third-order valence-electron chi connectivity index (χ3n) is 4.03. The average Bonchev–Trinajstić information content (AvgIpc) is 2.60. The Morgan fingerprint density at radius 1 is 1.18 bits per heavy atom. The molecule has 0 N–H and O–H groups in total. The molecule has 0 bridgehead atoms. The van der Waals surface area contributed by atoms with Crippen LogP contribution in [0.3, 0.4) is 0 Å². The number of ether oxygens (including phenoxy) is 1. The SMILES string of the molecule is COc1c(I)cc(C=Nn2c(C(C)(C)C)nc3ccc(Br)cc3c2=O)cc1I. The van der Waals surface area contributed by atoms with Gasteiger partial charge in [-0.1, -0.05) is 36.7 Å². The van der Waals surface area contributed by atoms with Crippen LogP contribution < -0.4 is 10.3 Å². The summed E-state index contributed by atoms with van der Waals surface area (Å²) in [5, 5.41) is 5.04. The zero-order valence-corrected chi connectivity index (χ0v) is 21.7. The second kappa shape index (κ2) is 8.39. The lowest BCUT2D eigenvalue weighted by Gasteiger charge is -2.20. The van der Waals surface area contributed by atoms with Gasteiger partial charge in [-0.15, -0.1) is 0 Å². The van der Waals surface area contributed by atoms with Gasteiger partial charge in [0.05, 0.1) is 31.4 Å². The average molecular weight is 666 g/mol. The first-order chi connectivity index (χ1) is 13.1. The van der Waals surface area contributed by atoms with Gasteiger partial charge in [-0.25, -0.2) is 4.98 Å². The monoisotopic (exact) mass is 665 g/mol. The highest BCUT2D eigenvalue weighted by molar-refractivity contribution is 14.1. The highest BCUT2D eigenvalue weighted by atomic mass is 127. The summed E-state index contributed by atoms with van der Waals surface area (Å²) in [5.74, 6) is 1.45. The van der Waals surface area contributed by atoms with Crippen LogP contribution in [0.4, 0.5) is 0 Å². The molecule has 28 heavy (non-hydrogen) atoms. The van der Waals surface area contributed by atoms with Crippen molar-refractivity contribution in [1.82, 2.24) is 9.66 Å². The van der Waals surface area contributed by atoms with Crippen molar-refractivity contribution in [3.8, 4) is 5.75 Å². The van der Waals surface area contributed by atoms with Crippen LogP contribution in [-0.2, 0) is 5.41 Å². The van der Waals surface area contributed by atoms with Crippen LogP contribution in [0.5, 0.6) is 5.75 Å². The number of fused-ring (bicyclic) bond motifs is 1. The molecule has 0 saturated carbocycles. The smallest absolute Gasteiger partial charge is 0.282 e. The van der Waals surface area contributed by atoms with Crippen LogP contribution in [0.1, 0.15) is 32.2 Å². The van der Waals surface area contributed by atoms with Crippen molar-refractivity contribution in [3.63, 3.8) is 0 Å². The van der Waals surface area contributed by atoms with E-state index < -0.39 is 0 Å². The molecule has 146 valence electrons. The standard InChI is InChI=1S/C20H18BrI2N3O2/c1-20(2,3)19-25-16-6-5-12(21)9-13(16)18(27)26(19)24-10-11-7-14(22)17(28-4)15(23)8-11/h5-10H,1-4H3. The van der Waals surface area contributed by atoms with Crippen molar-refractivity contribution >= 4 is 78.2 Å². The molecule has 8 heteroatoms. The molecule has 1 aromatic heterocycles. The van der Waals surface area contributed by atoms with Gasteiger partial charge in [-0.3, -0.25) is 4.79 Å². The van der Waals surface area contributed by atoms with Gasteiger partial charge in [0.2, 0.25) is 0 Å². The Morgan fingerprint density at radius 2 is 1.82 bits per heavy atom. The van der Waals surface area contributed by atoms with Gasteiger partial charge in [0.25, 0.3) is 5.56 Å². The van der Waals surface area contributed by atoms with E-state index in [1.807, 2.05) is 45.0 Å². The first kappa shape index (κ1) is 21.7. The summed E-state index contributed by atoms with van der Waals surface area (Å²) >= 11 is 7.89. The van der Waals surface area contributed by atoms with E-state index in [1.54, 1.807) is 19.4 Å². The minimum Gasteiger partial charge on any atom is -0.495 e. The van der Waals surface area contributed by atoms with Gasteiger partial charge >= 0.3 is 0 Å². The van der Waals surface area contributed by atoms with Gasteiger partial charge in [0, 0.05) is 9.89 Å². The second-order valence-corrected chi connectivity index (χ2v) is 10.5. The number of hydrogen-bond donors (Lipinski definition) is 0. The third kappa shape index (κ3) is 4.43. The molecular formula is C20H18BrI2N3O2. The summed E-state index contributed by atoms with van der Waals surface area (Å²) in [7, 11) is 1.65. The van der Waals surface area contributed by atoms with E-state index in [-0.39, 0.29) is 11.0 Å². The molecule has 0 unspecified atom stereocenters. The van der Waals surface area contributed by atoms with E-state index in [2.05, 4.69) is 66.2 Å². The Bertz CT molecular complexity index is 1130. The summed E-state index contributed by atoms with van der Waals surface area (Å²) in [6.07, 6.45) is 1.69. The predicted molar refractivity (Wildman–Crippen MR) is 134 cm³/mol. The maximum Gasteiger partial charge on any atom is 0.282 e. The molecule has 0 radical (unpaired) electrons. The first-order valence-corrected chi connectivity index (χ1v) is 11.4. The number of halogens is 3. The largest absolute Gasteiger partial charge is 0.495 e. The summed E-state index contributed by atoms with van der Waals surface area (Å²) in [6, 6.07) is 9.45. The molecule has 0 amide bonds. The molecule has 1 heterocycles. The number of hydrogen-bond acceptors (Lipinski definition) is 4. The van der Waals surface area contributed by atoms with E-state index in [0.29, 0.717) is 16.7 Å². The van der Waals surface area contributed by atoms with Crippen molar-refractivity contribution in [3.05, 3.63) is 63.7 Å². The van der Waals surface area contributed by atoms with Crippen LogP contribution in [0, 0.1) is 7.14 Å². The number of benzene rings is 2. The van der Waals surface area contributed by atoms with E-state index in [0.717, 1.165) is 22.9 Å². The molecule has 0 saturated heterocycles. The second-order valence-electron chi connectivity index (χ2n) is 7.23. The molecule has 3 aromatic rings. The number of aromatic nitrogens is 2. The van der Waals surface area contributed by atoms with Gasteiger partial charge in [-0.05, 0) is 81.1 Å². The van der Waals surface area contributed by atoms with Crippen LogP contribution >= 0.6 is 61.1 Å². The molecule has 0 atom stereocenters. The Morgan fingerprint density at radius 3 is 2.39 bits per heavy atom. The van der Waals surface area contributed by atoms with Crippen molar-refractivity contribution in [1.29, 1.82) is 0 Å². The Labute approximate surface area is 199 Å². The molecule has 5 nitrogen and oxygen atoms in total. The summed E-state index contributed by atoms with van der Waals surface area (Å²) in [5.41, 5.74) is 1.01. The first-order valence-electron chi connectivity index (χ1n) is 8.42.